The zero-order valence-electron chi connectivity index (χ0n) is 22.8. The van der Waals surface area contributed by atoms with E-state index in [9.17, 15) is 4.79 Å². The van der Waals surface area contributed by atoms with E-state index in [1.54, 1.807) is 0 Å². The van der Waals surface area contributed by atoms with Crippen LogP contribution in [0.15, 0.2) is 42.1 Å². The van der Waals surface area contributed by atoms with E-state index in [-0.39, 0.29) is 12.3 Å². The van der Waals surface area contributed by atoms with E-state index >= 15 is 0 Å². The fourth-order valence-electron chi connectivity index (χ4n) is 4.51. The van der Waals surface area contributed by atoms with Crippen molar-refractivity contribution in [2.45, 2.75) is 104 Å². The van der Waals surface area contributed by atoms with Crippen LogP contribution in [0.5, 0.6) is 5.75 Å². The van der Waals surface area contributed by atoms with Gasteiger partial charge in [0.2, 0.25) is 5.91 Å². The summed E-state index contributed by atoms with van der Waals surface area (Å²) in [6, 6.07) is 5.71. The SMILES string of the molecule is CCCCCCCCCCCCCCOc1cccc(CC(=O)NCC2=CCN(CCC)C=C2)c1Cl. The number of amides is 1. The first-order valence-electron chi connectivity index (χ1n) is 14.4. The van der Waals surface area contributed by atoms with Crippen molar-refractivity contribution in [2.24, 2.45) is 0 Å². The predicted octanol–water partition coefficient (Wildman–Crippen LogP) is 8.24. The van der Waals surface area contributed by atoms with Crippen molar-refractivity contribution >= 4 is 17.5 Å². The summed E-state index contributed by atoms with van der Waals surface area (Å²) in [4.78, 5) is 14.8. The Bertz CT molecular complexity index is 806. The molecule has 0 atom stereocenters. The van der Waals surface area contributed by atoms with Gasteiger partial charge in [0.15, 0.2) is 0 Å². The van der Waals surface area contributed by atoms with E-state index in [0.29, 0.717) is 23.9 Å². The van der Waals surface area contributed by atoms with Crippen LogP contribution in [0.2, 0.25) is 5.02 Å². The molecule has 0 spiro atoms. The second kappa shape index (κ2) is 19.2. The standard InChI is InChI=1S/C31H49ClN2O2/c1-3-5-6-7-8-9-10-11-12-13-14-15-24-36-29-18-16-17-28(31(29)32)25-30(35)33-26-27-19-22-34(21-4-2)23-20-27/h16-20,22H,3-15,21,23-26H2,1-2H3,(H,33,35). The average Bonchev–Trinajstić information content (AvgIpc) is 2.88. The molecule has 1 amide bonds. The molecule has 0 saturated heterocycles. The number of benzene rings is 1. The summed E-state index contributed by atoms with van der Waals surface area (Å²) in [5.41, 5.74) is 1.95. The molecule has 1 aromatic rings. The van der Waals surface area contributed by atoms with E-state index < -0.39 is 0 Å². The Morgan fingerprint density at radius 2 is 1.61 bits per heavy atom. The highest BCUT2D eigenvalue weighted by atomic mass is 35.5. The zero-order valence-corrected chi connectivity index (χ0v) is 23.6. The molecule has 4 nitrogen and oxygen atoms in total. The van der Waals surface area contributed by atoms with E-state index in [1.807, 2.05) is 18.2 Å². The number of rotatable bonds is 20. The first-order valence-corrected chi connectivity index (χ1v) is 14.8. The van der Waals surface area contributed by atoms with Gasteiger partial charge in [-0.25, -0.2) is 0 Å². The van der Waals surface area contributed by atoms with E-state index in [4.69, 9.17) is 16.3 Å². The largest absolute Gasteiger partial charge is 0.492 e. The second-order valence-corrected chi connectivity index (χ2v) is 10.4. The van der Waals surface area contributed by atoms with Gasteiger partial charge in [-0.15, -0.1) is 0 Å². The molecular formula is C31H49ClN2O2. The molecule has 1 aliphatic rings. The number of halogens is 1. The molecule has 1 N–H and O–H groups in total. The smallest absolute Gasteiger partial charge is 0.224 e. The van der Waals surface area contributed by atoms with Crippen molar-refractivity contribution in [2.75, 3.05) is 26.2 Å². The molecule has 0 bridgehead atoms. The summed E-state index contributed by atoms with van der Waals surface area (Å²) in [6.07, 6.45) is 23.7. The highest BCUT2D eigenvalue weighted by Gasteiger charge is 2.12. The van der Waals surface area contributed by atoms with E-state index in [2.05, 4.69) is 42.4 Å². The third-order valence-electron chi connectivity index (χ3n) is 6.74. The first kappa shape index (κ1) is 30.3. The number of hydrogen-bond acceptors (Lipinski definition) is 3. The Morgan fingerprint density at radius 3 is 2.22 bits per heavy atom. The average molecular weight is 517 g/mol. The van der Waals surface area contributed by atoms with Gasteiger partial charge in [0, 0.05) is 19.6 Å². The Kier molecular flexibility index (Phi) is 16.2. The fourth-order valence-corrected chi connectivity index (χ4v) is 4.76. The van der Waals surface area contributed by atoms with Gasteiger partial charge < -0.3 is 15.0 Å². The maximum absolute atomic E-state index is 12.5. The number of hydrogen-bond donors (Lipinski definition) is 1. The second-order valence-electron chi connectivity index (χ2n) is 10.0. The van der Waals surface area contributed by atoms with Crippen LogP contribution in [0.3, 0.4) is 0 Å². The topological polar surface area (TPSA) is 41.6 Å². The van der Waals surface area contributed by atoms with Gasteiger partial charge in [-0.05, 0) is 42.3 Å². The molecule has 0 aromatic heterocycles. The summed E-state index contributed by atoms with van der Waals surface area (Å²) in [7, 11) is 0. The van der Waals surface area contributed by atoms with Crippen molar-refractivity contribution in [3.8, 4) is 5.75 Å². The summed E-state index contributed by atoms with van der Waals surface area (Å²) in [5, 5.41) is 3.57. The number of nitrogens with one attached hydrogen (secondary N) is 1. The molecule has 0 fully saturated rings. The summed E-state index contributed by atoms with van der Waals surface area (Å²) in [5.74, 6) is 0.652. The maximum Gasteiger partial charge on any atom is 0.224 e. The predicted molar refractivity (Wildman–Crippen MR) is 154 cm³/mol. The number of carbonyl (C=O) groups excluding carboxylic acids is 1. The van der Waals surface area contributed by atoms with Crippen LogP contribution >= 0.6 is 11.6 Å². The summed E-state index contributed by atoms with van der Waals surface area (Å²) in [6.45, 7) is 7.62. The maximum atomic E-state index is 12.5. The molecule has 5 heteroatoms. The lowest BCUT2D eigenvalue weighted by atomic mass is 10.1. The normalized spacial score (nSPS) is 13.1. The lowest BCUT2D eigenvalue weighted by molar-refractivity contribution is -0.120. The van der Waals surface area contributed by atoms with Crippen molar-refractivity contribution in [1.29, 1.82) is 0 Å². The molecule has 1 aromatic carbocycles. The molecule has 0 saturated carbocycles. The van der Waals surface area contributed by atoms with Crippen LogP contribution in [0.1, 0.15) is 103 Å². The molecule has 0 radical (unpaired) electrons. The molecule has 0 unspecified atom stereocenters. The number of ether oxygens (including phenoxy) is 1. The van der Waals surface area contributed by atoms with Crippen LogP contribution in [0, 0.1) is 0 Å². The highest BCUT2D eigenvalue weighted by molar-refractivity contribution is 6.33. The minimum Gasteiger partial charge on any atom is -0.492 e. The summed E-state index contributed by atoms with van der Waals surface area (Å²) >= 11 is 6.57. The van der Waals surface area contributed by atoms with Gasteiger partial charge in [-0.3, -0.25) is 4.79 Å². The lowest BCUT2D eigenvalue weighted by Crippen LogP contribution is -2.29. The van der Waals surface area contributed by atoms with Crippen LogP contribution in [-0.2, 0) is 11.2 Å². The van der Waals surface area contributed by atoms with Gasteiger partial charge in [0.05, 0.1) is 18.1 Å². The van der Waals surface area contributed by atoms with Crippen molar-refractivity contribution in [1.82, 2.24) is 10.2 Å². The Balaban J connectivity index is 1.57. The first-order chi connectivity index (χ1) is 17.6. The zero-order chi connectivity index (χ0) is 25.8. The van der Waals surface area contributed by atoms with Crippen molar-refractivity contribution in [3.05, 3.63) is 52.7 Å². The molecule has 1 aliphatic heterocycles. The van der Waals surface area contributed by atoms with Crippen LogP contribution in [0.4, 0.5) is 0 Å². The Morgan fingerprint density at radius 1 is 0.944 bits per heavy atom. The third kappa shape index (κ3) is 12.9. The molecule has 36 heavy (non-hydrogen) atoms. The lowest BCUT2D eigenvalue weighted by Gasteiger charge is -2.22. The quantitative estimate of drug-likeness (QED) is 0.177. The fraction of sp³-hybridized carbons (Fsp3) is 0.645. The molecule has 0 aliphatic carbocycles. The van der Waals surface area contributed by atoms with E-state index in [0.717, 1.165) is 37.1 Å². The number of unbranched alkanes of at least 4 members (excludes halogenated alkanes) is 11. The highest BCUT2D eigenvalue weighted by Crippen LogP contribution is 2.29. The monoisotopic (exact) mass is 516 g/mol. The molecular weight excluding hydrogens is 468 g/mol. The summed E-state index contributed by atoms with van der Waals surface area (Å²) < 4.78 is 5.95. The van der Waals surface area contributed by atoms with E-state index in [1.165, 1.54) is 70.6 Å². The van der Waals surface area contributed by atoms with Gasteiger partial charge in [0.1, 0.15) is 5.75 Å². The molecule has 2 rings (SSSR count). The van der Waals surface area contributed by atoms with Gasteiger partial charge in [-0.1, -0.05) is 114 Å². The Hall–Kier alpha value is -1.94. The minimum atomic E-state index is -0.0275. The van der Waals surface area contributed by atoms with Crippen LogP contribution in [0.25, 0.3) is 0 Å². The van der Waals surface area contributed by atoms with Crippen molar-refractivity contribution in [3.63, 3.8) is 0 Å². The number of nitrogens with zero attached hydrogens (tertiary/aromatic N) is 1. The van der Waals surface area contributed by atoms with Gasteiger partial charge >= 0.3 is 0 Å². The number of carbonyl (C=O) groups is 1. The van der Waals surface area contributed by atoms with Gasteiger partial charge in [0.25, 0.3) is 0 Å². The van der Waals surface area contributed by atoms with Crippen LogP contribution in [-0.4, -0.2) is 37.0 Å². The molecule has 1 heterocycles. The molecule has 202 valence electrons. The van der Waals surface area contributed by atoms with Gasteiger partial charge in [-0.2, -0.15) is 0 Å². The third-order valence-corrected chi connectivity index (χ3v) is 7.17. The van der Waals surface area contributed by atoms with Crippen LogP contribution < -0.4 is 10.1 Å². The minimum absolute atomic E-state index is 0.0275. The van der Waals surface area contributed by atoms with Crippen molar-refractivity contribution < 1.29 is 9.53 Å². The Labute approximate surface area is 225 Å².